The lowest BCUT2D eigenvalue weighted by molar-refractivity contribution is -0.118. The molecule has 3 rings (SSSR count). The van der Waals surface area contributed by atoms with Crippen LogP contribution < -0.4 is 20.1 Å². The van der Waals surface area contributed by atoms with E-state index < -0.39 is 5.97 Å². The van der Waals surface area contributed by atoms with Crippen LogP contribution in [-0.2, 0) is 11.3 Å². The van der Waals surface area contributed by atoms with Gasteiger partial charge in [0, 0.05) is 17.9 Å². The zero-order valence-corrected chi connectivity index (χ0v) is 19.5. The molecular weight excluding hydrogens is 467 g/mol. The van der Waals surface area contributed by atoms with Gasteiger partial charge in [0.15, 0.2) is 18.1 Å². The number of aromatic carboxylic acids is 1. The number of carboxylic acids is 1. The normalized spacial score (nSPS) is 10.4. The summed E-state index contributed by atoms with van der Waals surface area (Å²) in [4.78, 5) is 23.3. The molecule has 0 aromatic heterocycles. The minimum absolute atomic E-state index is 0.0276. The Balaban J connectivity index is 1.64. The number of methoxy groups -OCH3 is 1. The van der Waals surface area contributed by atoms with E-state index in [-0.39, 0.29) is 33.9 Å². The van der Waals surface area contributed by atoms with Crippen LogP contribution in [0.15, 0.2) is 54.6 Å². The smallest absolute Gasteiger partial charge is 0.337 e. The zero-order valence-electron chi connectivity index (χ0n) is 17.9. The first-order chi connectivity index (χ1) is 15.8. The highest BCUT2D eigenvalue weighted by atomic mass is 35.5. The number of carbonyl (C=O) groups is 2. The van der Waals surface area contributed by atoms with Gasteiger partial charge >= 0.3 is 5.97 Å². The molecular formula is C24H22Cl2N2O5. The van der Waals surface area contributed by atoms with Crippen LogP contribution in [0.2, 0.25) is 10.0 Å². The molecule has 0 bridgehead atoms. The summed E-state index contributed by atoms with van der Waals surface area (Å²) in [5.41, 5.74) is 3.22. The number of hydrogen-bond donors (Lipinski definition) is 3. The second-order valence-corrected chi connectivity index (χ2v) is 7.98. The maximum Gasteiger partial charge on any atom is 0.337 e. The van der Waals surface area contributed by atoms with E-state index in [1.807, 2.05) is 31.2 Å². The number of aryl methyl sites for hydroxylation is 1. The van der Waals surface area contributed by atoms with Crippen LogP contribution in [0.3, 0.4) is 0 Å². The zero-order chi connectivity index (χ0) is 24.0. The molecule has 7 nitrogen and oxygen atoms in total. The largest absolute Gasteiger partial charge is 0.493 e. The molecule has 0 heterocycles. The minimum atomic E-state index is -1.09. The molecule has 0 saturated carbocycles. The molecule has 9 heteroatoms. The Kier molecular flexibility index (Phi) is 8.03. The molecule has 172 valence electrons. The van der Waals surface area contributed by atoms with E-state index in [1.54, 1.807) is 18.2 Å². The molecule has 1 amide bonds. The van der Waals surface area contributed by atoms with Gasteiger partial charge in [0.05, 0.1) is 22.7 Å². The number of amides is 1. The summed E-state index contributed by atoms with van der Waals surface area (Å²) in [7, 11) is 1.48. The summed E-state index contributed by atoms with van der Waals surface area (Å²) in [5, 5.41) is 15.4. The van der Waals surface area contributed by atoms with Gasteiger partial charge in [-0.15, -0.1) is 0 Å². The van der Waals surface area contributed by atoms with Crippen LogP contribution in [0, 0.1) is 6.92 Å². The highest BCUT2D eigenvalue weighted by Gasteiger charge is 2.15. The van der Waals surface area contributed by atoms with E-state index in [4.69, 9.17) is 37.8 Å². The Morgan fingerprint density at radius 2 is 1.67 bits per heavy atom. The van der Waals surface area contributed by atoms with E-state index in [0.717, 1.165) is 11.1 Å². The van der Waals surface area contributed by atoms with Crippen molar-refractivity contribution in [1.29, 1.82) is 0 Å². The van der Waals surface area contributed by atoms with Gasteiger partial charge in [-0.25, -0.2) is 4.79 Å². The van der Waals surface area contributed by atoms with Gasteiger partial charge in [-0.3, -0.25) is 4.79 Å². The summed E-state index contributed by atoms with van der Waals surface area (Å²) in [6.07, 6.45) is 0. The molecule has 0 aliphatic heterocycles. The van der Waals surface area contributed by atoms with Crippen LogP contribution >= 0.6 is 23.2 Å². The number of rotatable bonds is 9. The van der Waals surface area contributed by atoms with Crippen molar-refractivity contribution in [2.75, 3.05) is 24.4 Å². The fraction of sp³-hybridized carbons (Fsp3) is 0.167. The van der Waals surface area contributed by atoms with Gasteiger partial charge in [0.1, 0.15) is 0 Å². The molecule has 33 heavy (non-hydrogen) atoms. The Hall–Kier alpha value is -3.42. The molecule has 3 N–H and O–H groups in total. The van der Waals surface area contributed by atoms with Gasteiger partial charge < -0.3 is 25.2 Å². The van der Waals surface area contributed by atoms with E-state index in [0.29, 0.717) is 23.7 Å². The summed E-state index contributed by atoms with van der Waals surface area (Å²) < 4.78 is 11.0. The molecule has 3 aromatic carbocycles. The molecule has 0 radical (unpaired) electrons. The highest BCUT2D eigenvalue weighted by Crippen LogP contribution is 2.36. The predicted molar refractivity (Wildman–Crippen MR) is 129 cm³/mol. The summed E-state index contributed by atoms with van der Waals surface area (Å²) in [5.74, 6) is -0.784. The van der Waals surface area contributed by atoms with Crippen molar-refractivity contribution in [2.24, 2.45) is 0 Å². The molecule has 0 saturated heterocycles. The van der Waals surface area contributed by atoms with Gasteiger partial charge in [0.25, 0.3) is 5.91 Å². The SMILES string of the molecule is COc1cc(CNc2ccc(C(=O)O)c(Cl)c2)cc(Cl)c1OCC(=O)Nc1ccc(C)cc1. The van der Waals surface area contributed by atoms with Crippen molar-refractivity contribution < 1.29 is 24.2 Å². The molecule has 0 fully saturated rings. The maximum absolute atomic E-state index is 12.2. The standard InChI is InChI=1S/C24H22Cl2N2O5/c1-14-3-5-16(6-4-14)28-22(29)13-33-23-20(26)9-15(10-21(23)32-2)12-27-17-7-8-18(24(30)31)19(25)11-17/h3-11,27H,12-13H2,1-2H3,(H,28,29)(H,30,31). The lowest BCUT2D eigenvalue weighted by Crippen LogP contribution is -2.20. The van der Waals surface area contributed by atoms with Crippen LogP contribution in [0.4, 0.5) is 11.4 Å². The first kappa shape index (κ1) is 24.2. The van der Waals surface area contributed by atoms with E-state index >= 15 is 0 Å². The number of carboxylic acid groups (broad SMARTS) is 1. The first-order valence-electron chi connectivity index (χ1n) is 9.89. The fourth-order valence-corrected chi connectivity index (χ4v) is 3.54. The number of carbonyl (C=O) groups excluding carboxylic acids is 1. The van der Waals surface area contributed by atoms with Crippen molar-refractivity contribution >= 4 is 46.5 Å². The molecule has 0 spiro atoms. The topological polar surface area (TPSA) is 96.9 Å². The second kappa shape index (κ2) is 10.9. The van der Waals surface area contributed by atoms with Crippen molar-refractivity contribution in [1.82, 2.24) is 0 Å². The molecule has 0 atom stereocenters. The van der Waals surface area contributed by atoms with E-state index in [9.17, 15) is 9.59 Å². The van der Waals surface area contributed by atoms with Gasteiger partial charge in [-0.1, -0.05) is 40.9 Å². The molecule has 3 aromatic rings. The van der Waals surface area contributed by atoms with Gasteiger partial charge in [0.2, 0.25) is 0 Å². The van der Waals surface area contributed by atoms with E-state index in [1.165, 1.54) is 19.2 Å². The summed E-state index contributed by atoms with van der Waals surface area (Å²) >= 11 is 12.4. The van der Waals surface area contributed by atoms with Crippen LogP contribution in [-0.4, -0.2) is 30.7 Å². The number of benzene rings is 3. The second-order valence-electron chi connectivity index (χ2n) is 7.17. The average molecular weight is 489 g/mol. The monoisotopic (exact) mass is 488 g/mol. The van der Waals surface area contributed by atoms with Gasteiger partial charge in [-0.05, 0) is 55.0 Å². The number of hydrogen-bond acceptors (Lipinski definition) is 5. The number of halogens is 2. The fourth-order valence-electron chi connectivity index (χ4n) is 2.99. The lowest BCUT2D eigenvalue weighted by Gasteiger charge is -2.15. The van der Waals surface area contributed by atoms with Crippen molar-refractivity contribution in [2.45, 2.75) is 13.5 Å². The maximum atomic E-state index is 12.2. The third-order valence-corrected chi connectivity index (χ3v) is 5.26. The highest BCUT2D eigenvalue weighted by molar-refractivity contribution is 6.33. The molecule has 0 aliphatic rings. The number of ether oxygens (including phenoxy) is 2. The number of nitrogens with one attached hydrogen (secondary N) is 2. The lowest BCUT2D eigenvalue weighted by atomic mass is 10.1. The van der Waals surface area contributed by atoms with Crippen LogP contribution in [0.25, 0.3) is 0 Å². The van der Waals surface area contributed by atoms with Gasteiger partial charge in [-0.2, -0.15) is 0 Å². The quantitative estimate of drug-likeness (QED) is 0.360. The van der Waals surface area contributed by atoms with Crippen molar-refractivity contribution in [3.05, 3.63) is 81.3 Å². The predicted octanol–water partition coefficient (Wildman–Crippen LogP) is 5.64. The Morgan fingerprint density at radius 3 is 2.30 bits per heavy atom. The van der Waals surface area contributed by atoms with Crippen molar-refractivity contribution in [3.63, 3.8) is 0 Å². The summed E-state index contributed by atoms with van der Waals surface area (Å²) in [6, 6.07) is 15.4. The summed E-state index contributed by atoms with van der Waals surface area (Å²) in [6.45, 7) is 2.09. The Labute approximate surface area is 201 Å². The van der Waals surface area contributed by atoms with E-state index in [2.05, 4.69) is 10.6 Å². The van der Waals surface area contributed by atoms with Crippen LogP contribution in [0.5, 0.6) is 11.5 Å². The average Bonchev–Trinajstić information content (AvgIpc) is 2.78. The molecule has 0 unspecified atom stereocenters. The first-order valence-corrected chi connectivity index (χ1v) is 10.6. The third-order valence-electron chi connectivity index (χ3n) is 4.67. The minimum Gasteiger partial charge on any atom is -0.493 e. The Morgan fingerprint density at radius 1 is 0.970 bits per heavy atom. The number of anilines is 2. The molecule has 0 aliphatic carbocycles. The third kappa shape index (κ3) is 6.54. The van der Waals surface area contributed by atoms with Crippen molar-refractivity contribution in [3.8, 4) is 11.5 Å². The van der Waals surface area contributed by atoms with Crippen LogP contribution in [0.1, 0.15) is 21.5 Å². The Bertz CT molecular complexity index is 1170.